The molecule has 2 atom stereocenters. The minimum absolute atomic E-state index is 0.0645. The third kappa shape index (κ3) is 7.49. The Morgan fingerprint density at radius 3 is 2.66 bits per heavy atom. The normalized spacial score (nSPS) is 16.8. The fourth-order valence-electron chi connectivity index (χ4n) is 3.67. The van der Waals surface area contributed by atoms with Gasteiger partial charge in [0.2, 0.25) is 5.91 Å². The van der Waals surface area contributed by atoms with Crippen molar-refractivity contribution < 1.29 is 19.6 Å². The van der Waals surface area contributed by atoms with Crippen molar-refractivity contribution in [3.63, 3.8) is 0 Å². The number of carbonyl (C=O) groups excluding carboxylic acids is 1. The largest absolute Gasteiger partial charge is 0.484 e. The minimum Gasteiger partial charge on any atom is -0.484 e. The number of nitro benzene ring substituents is 1. The molecule has 2 aromatic rings. The average Bonchev–Trinajstić information content (AvgIpc) is 2.80. The molecule has 0 saturated carbocycles. The van der Waals surface area contributed by atoms with Gasteiger partial charge in [-0.15, -0.1) is 0 Å². The molecule has 10 heteroatoms. The summed E-state index contributed by atoms with van der Waals surface area (Å²) in [4.78, 5) is 22.1. The van der Waals surface area contributed by atoms with Gasteiger partial charge in [-0.05, 0) is 50.1 Å². The lowest BCUT2D eigenvalue weighted by Gasteiger charge is -2.28. The number of aryl methyl sites for hydroxylation is 1. The van der Waals surface area contributed by atoms with Crippen LogP contribution >= 0.6 is 0 Å². The van der Waals surface area contributed by atoms with Gasteiger partial charge >= 0.3 is 5.69 Å². The van der Waals surface area contributed by atoms with E-state index < -0.39 is 11.0 Å². The Morgan fingerprint density at radius 1 is 1.29 bits per heavy atom. The summed E-state index contributed by atoms with van der Waals surface area (Å²) in [5.41, 5.74) is 5.68. The minimum atomic E-state index is -0.840. The van der Waals surface area contributed by atoms with Gasteiger partial charge < -0.3 is 20.5 Å². The highest BCUT2D eigenvalue weighted by Gasteiger charge is 2.22. The van der Waals surface area contributed by atoms with E-state index in [2.05, 4.69) is 21.2 Å². The molecule has 0 saturated heterocycles. The molecule has 3 rings (SSSR count). The number of nitrogens with zero attached hydrogens (tertiary/aromatic N) is 2. The summed E-state index contributed by atoms with van der Waals surface area (Å²) < 4.78 is 5.53. The third-order valence-electron chi connectivity index (χ3n) is 5.73. The predicted octanol–water partition coefficient (Wildman–Crippen LogP) is 2.98. The van der Waals surface area contributed by atoms with Crippen LogP contribution in [0.4, 0.5) is 11.4 Å². The first-order valence-electron chi connectivity index (χ1n) is 11.6. The van der Waals surface area contributed by atoms with Crippen molar-refractivity contribution >= 4 is 23.0 Å². The summed E-state index contributed by atoms with van der Waals surface area (Å²) in [5, 5.41) is 32.4. The lowest BCUT2D eigenvalue weighted by atomic mass is 9.94. The summed E-state index contributed by atoms with van der Waals surface area (Å²) in [6.07, 6.45) is -0.412. The molecule has 0 fully saturated rings. The molecule has 1 heterocycles. The number of rotatable bonds is 11. The monoisotopic (exact) mass is 483 g/mol. The Hall–Kier alpha value is -3.50. The van der Waals surface area contributed by atoms with Gasteiger partial charge in [0.05, 0.1) is 10.6 Å². The van der Waals surface area contributed by atoms with E-state index in [4.69, 9.17) is 4.74 Å². The van der Waals surface area contributed by atoms with Gasteiger partial charge in [0.25, 0.3) is 0 Å². The summed E-state index contributed by atoms with van der Waals surface area (Å²) in [7, 11) is 0. The van der Waals surface area contributed by atoms with Crippen LogP contribution in [0.1, 0.15) is 38.3 Å². The Kier molecular flexibility index (Phi) is 8.42. The van der Waals surface area contributed by atoms with E-state index in [1.54, 1.807) is 12.1 Å². The molecule has 4 N–H and O–H groups in total. The van der Waals surface area contributed by atoms with Gasteiger partial charge in [0.15, 0.2) is 5.75 Å². The third-order valence-corrected chi connectivity index (χ3v) is 5.73. The number of hydrazone groups is 1. The fourth-order valence-corrected chi connectivity index (χ4v) is 3.67. The molecule has 2 aromatic carbocycles. The first-order valence-corrected chi connectivity index (χ1v) is 11.6. The van der Waals surface area contributed by atoms with E-state index in [9.17, 15) is 20.0 Å². The second-order valence-corrected chi connectivity index (χ2v) is 9.53. The summed E-state index contributed by atoms with van der Waals surface area (Å²) >= 11 is 0. The Labute approximate surface area is 204 Å². The van der Waals surface area contributed by atoms with E-state index in [0.717, 1.165) is 22.5 Å². The van der Waals surface area contributed by atoms with Crippen molar-refractivity contribution in [1.82, 2.24) is 10.7 Å². The highest BCUT2D eigenvalue weighted by atomic mass is 16.6. The van der Waals surface area contributed by atoms with Crippen LogP contribution < -0.4 is 20.8 Å². The number of carbonyl (C=O) groups is 1. The maximum atomic E-state index is 11.4. The molecule has 1 aliphatic rings. The van der Waals surface area contributed by atoms with Gasteiger partial charge in [-0.3, -0.25) is 14.9 Å². The lowest BCUT2D eigenvalue weighted by Crippen LogP contribution is -2.49. The van der Waals surface area contributed by atoms with Crippen LogP contribution in [0, 0.1) is 23.0 Å². The first kappa shape index (κ1) is 26.1. The lowest BCUT2D eigenvalue weighted by molar-refractivity contribution is -0.385. The molecule has 0 unspecified atom stereocenters. The second kappa shape index (κ2) is 11.3. The molecule has 0 spiro atoms. The van der Waals surface area contributed by atoms with Gasteiger partial charge in [0.1, 0.15) is 12.7 Å². The molecule has 10 nitrogen and oxygen atoms in total. The van der Waals surface area contributed by atoms with Crippen LogP contribution in [0.3, 0.4) is 0 Å². The number of aliphatic hydroxyl groups excluding tert-OH is 1. The van der Waals surface area contributed by atoms with Crippen LogP contribution in [0.5, 0.6) is 5.75 Å². The first-order chi connectivity index (χ1) is 16.5. The molecule has 0 radical (unpaired) electrons. The van der Waals surface area contributed by atoms with Crippen molar-refractivity contribution in [3.8, 4) is 5.75 Å². The molecular weight excluding hydrogens is 450 g/mol. The quantitative estimate of drug-likeness (QED) is 0.285. The number of ether oxygens (including phenoxy) is 1. The molecule has 188 valence electrons. The van der Waals surface area contributed by atoms with E-state index in [1.807, 2.05) is 52.0 Å². The van der Waals surface area contributed by atoms with Crippen LogP contribution in [-0.2, 0) is 4.79 Å². The van der Waals surface area contributed by atoms with E-state index in [1.165, 1.54) is 6.07 Å². The summed E-state index contributed by atoms with van der Waals surface area (Å²) in [5.74, 6) is 0.148. The van der Waals surface area contributed by atoms with Crippen molar-refractivity contribution in [2.45, 2.75) is 45.8 Å². The summed E-state index contributed by atoms with van der Waals surface area (Å²) in [6, 6.07) is 12.5. The highest BCUT2D eigenvalue weighted by Crippen LogP contribution is 2.27. The number of hydrogen-bond acceptors (Lipinski definition) is 8. The van der Waals surface area contributed by atoms with Crippen molar-refractivity contribution in [3.05, 3.63) is 63.7 Å². The zero-order valence-corrected chi connectivity index (χ0v) is 20.5. The van der Waals surface area contributed by atoms with Gasteiger partial charge in [-0.1, -0.05) is 25.1 Å². The second-order valence-electron chi connectivity index (χ2n) is 9.53. The molecular formula is C25H33N5O5. The van der Waals surface area contributed by atoms with Crippen LogP contribution in [-0.4, -0.2) is 53.0 Å². The summed E-state index contributed by atoms with van der Waals surface area (Å²) in [6.45, 7) is 8.61. The standard InChI is InChI=1S/C25H33N5O5/c1-16-5-10-21(30(33)34)22(11-16)35-14-20(31)13-27-25(3,4)15-26-19-8-6-18(7-9-19)24-17(2)12-23(32)28-29-24/h5-11,17,20,26-27,31H,12-15H2,1-4H3,(H,28,32)/t17-,20+/m1/s1. The van der Waals surface area contributed by atoms with Crippen molar-refractivity contribution in [2.75, 3.05) is 25.0 Å². The van der Waals surface area contributed by atoms with E-state index >= 15 is 0 Å². The van der Waals surface area contributed by atoms with Crippen LogP contribution in [0.2, 0.25) is 0 Å². The topological polar surface area (TPSA) is 138 Å². The molecule has 0 aliphatic carbocycles. The van der Waals surface area contributed by atoms with Crippen LogP contribution in [0.15, 0.2) is 47.6 Å². The number of aliphatic hydroxyl groups is 1. The van der Waals surface area contributed by atoms with Gasteiger partial charge in [0, 0.05) is 42.7 Å². The van der Waals surface area contributed by atoms with Gasteiger partial charge in [-0.2, -0.15) is 5.10 Å². The van der Waals surface area contributed by atoms with E-state index in [-0.39, 0.29) is 42.0 Å². The van der Waals surface area contributed by atoms with E-state index in [0.29, 0.717) is 13.0 Å². The maximum absolute atomic E-state index is 11.4. The smallest absolute Gasteiger partial charge is 0.310 e. The molecule has 1 aliphatic heterocycles. The van der Waals surface area contributed by atoms with Gasteiger partial charge in [-0.25, -0.2) is 5.43 Å². The molecule has 35 heavy (non-hydrogen) atoms. The molecule has 0 aromatic heterocycles. The SMILES string of the molecule is Cc1ccc([N+](=O)[O-])c(OC[C@@H](O)CNC(C)(C)CNc2ccc(C3=NNC(=O)C[C@H]3C)cc2)c1. The number of hydrogen-bond donors (Lipinski definition) is 4. The Morgan fingerprint density at radius 2 is 2.00 bits per heavy atom. The Bertz CT molecular complexity index is 1080. The number of nitrogens with one attached hydrogen (secondary N) is 3. The number of benzene rings is 2. The highest BCUT2D eigenvalue weighted by molar-refractivity contribution is 6.05. The number of amides is 1. The van der Waals surface area contributed by atoms with Crippen molar-refractivity contribution in [1.29, 1.82) is 0 Å². The average molecular weight is 484 g/mol. The molecule has 1 amide bonds. The van der Waals surface area contributed by atoms with Crippen molar-refractivity contribution in [2.24, 2.45) is 11.0 Å². The number of nitro groups is 1. The Balaban J connectivity index is 1.46. The maximum Gasteiger partial charge on any atom is 0.310 e. The molecule has 0 bridgehead atoms. The zero-order chi connectivity index (χ0) is 25.6. The number of anilines is 1. The van der Waals surface area contributed by atoms with Crippen LogP contribution in [0.25, 0.3) is 0 Å². The zero-order valence-electron chi connectivity index (χ0n) is 20.5. The number of β-amino-alcohol motifs (C(OH)–C–C–N with tert-alkyl or cyclic N) is 1. The predicted molar refractivity (Wildman–Crippen MR) is 135 cm³/mol. The fraction of sp³-hybridized carbons (Fsp3) is 0.440.